The van der Waals surface area contributed by atoms with Crippen LogP contribution in [-0.2, 0) is 6.54 Å². The molecule has 0 saturated heterocycles. The first kappa shape index (κ1) is 12.5. The van der Waals surface area contributed by atoms with E-state index in [9.17, 15) is 14.9 Å². The molecule has 19 heavy (non-hydrogen) atoms. The Balaban J connectivity index is 2.07. The lowest BCUT2D eigenvalue weighted by Crippen LogP contribution is -2.16. The number of non-ortho nitro benzene ring substituents is 1. The van der Waals surface area contributed by atoms with Crippen molar-refractivity contribution in [2.24, 2.45) is 5.92 Å². The lowest BCUT2D eigenvalue weighted by atomic mass is 10.3. The Hall–Kier alpha value is -1.53. The fourth-order valence-corrected chi connectivity index (χ4v) is 2.54. The van der Waals surface area contributed by atoms with Gasteiger partial charge in [0.25, 0.3) is 5.69 Å². The molecule has 100 valence electrons. The molecular formula is C11H8Cl2N2O4. The van der Waals surface area contributed by atoms with Crippen LogP contribution in [0, 0.1) is 16.0 Å². The Morgan fingerprint density at radius 1 is 1.53 bits per heavy atom. The van der Waals surface area contributed by atoms with E-state index >= 15 is 0 Å². The van der Waals surface area contributed by atoms with Gasteiger partial charge < -0.3 is 4.42 Å². The number of halogens is 2. The predicted octanol–water partition coefficient (Wildman–Crippen LogP) is 2.70. The lowest BCUT2D eigenvalue weighted by Gasteiger charge is -2.01. The predicted molar refractivity (Wildman–Crippen MR) is 69.7 cm³/mol. The highest BCUT2D eigenvalue weighted by Crippen LogP contribution is 2.53. The van der Waals surface area contributed by atoms with Crippen molar-refractivity contribution in [3.05, 3.63) is 38.9 Å². The van der Waals surface area contributed by atoms with Crippen LogP contribution in [0.25, 0.3) is 11.1 Å². The number of alkyl halides is 2. The second-order valence-corrected chi connectivity index (χ2v) is 6.09. The molecule has 1 aliphatic carbocycles. The number of nitro groups is 1. The largest absolute Gasteiger partial charge is 0.419 e. The van der Waals surface area contributed by atoms with Gasteiger partial charge in [-0.05, 0) is 12.5 Å². The van der Waals surface area contributed by atoms with E-state index in [1.807, 2.05) is 0 Å². The van der Waals surface area contributed by atoms with Crippen LogP contribution in [0.4, 0.5) is 5.69 Å². The number of benzene rings is 1. The standard InChI is InChI=1S/C11H8Cl2N2O4/c12-11(13)4-6(11)5-14-8-3-7(15(17)18)1-2-9(8)19-10(14)16/h1-3,6H,4-5H2. The van der Waals surface area contributed by atoms with Crippen LogP contribution in [-0.4, -0.2) is 13.8 Å². The van der Waals surface area contributed by atoms with Crippen molar-refractivity contribution in [1.82, 2.24) is 4.57 Å². The summed E-state index contributed by atoms with van der Waals surface area (Å²) < 4.78 is 5.55. The van der Waals surface area contributed by atoms with Gasteiger partial charge in [0.2, 0.25) is 0 Å². The summed E-state index contributed by atoms with van der Waals surface area (Å²) in [5.41, 5.74) is 0.599. The highest BCUT2D eigenvalue weighted by molar-refractivity contribution is 6.50. The smallest absolute Gasteiger partial charge is 0.408 e. The van der Waals surface area contributed by atoms with Gasteiger partial charge in [0.1, 0.15) is 4.33 Å². The number of aromatic nitrogens is 1. The van der Waals surface area contributed by atoms with Crippen molar-refractivity contribution in [2.75, 3.05) is 0 Å². The normalized spacial score (nSPS) is 20.6. The summed E-state index contributed by atoms with van der Waals surface area (Å²) >= 11 is 11.8. The number of hydrogen-bond donors (Lipinski definition) is 0. The van der Waals surface area contributed by atoms with E-state index in [1.54, 1.807) is 0 Å². The monoisotopic (exact) mass is 302 g/mol. The quantitative estimate of drug-likeness (QED) is 0.496. The van der Waals surface area contributed by atoms with Crippen LogP contribution in [0.2, 0.25) is 0 Å². The van der Waals surface area contributed by atoms with Gasteiger partial charge in [-0.2, -0.15) is 0 Å². The van der Waals surface area contributed by atoms with E-state index in [-0.39, 0.29) is 11.6 Å². The third-order valence-electron chi connectivity index (χ3n) is 3.22. The molecule has 0 bridgehead atoms. The maximum atomic E-state index is 11.7. The van der Waals surface area contributed by atoms with Gasteiger partial charge in [0.05, 0.1) is 10.4 Å². The van der Waals surface area contributed by atoms with Gasteiger partial charge in [-0.15, -0.1) is 23.2 Å². The summed E-state index contributed by atoms with van der Waals surface area (Å²) in [4.78, 5) is 22.0. The lowest BCUT2D eigenvalue weighted by molar-refractivity contribution is -0.384. The summed E-state index contributed by atoms with van der Waals surface area (Å²) in [5.74, 6) is -0.611. The molecule has 1 heterocycles. The van der Waals surface area contributed by atoms with Gasteiger partial charge in [-0.25, -0.2) is 4.79 Å². The van der Waals surface area contributed by atoms with Crippen LogP contribution in [0.3, 0.4) is 0 Å². The molecule has 0 amide bonds. The second kappa shape index (κ2) is 3.98. The summed E-state index contributed by atoms with van der Waals surface area (Å²) in [6.45, 7) is 0.292. The van der Waals surface area contributed by atoms with E-state index in [1.165, 1.54) is 22.8 Å². The molecular weight excluding hydrogens is 295 g/mol. The highest BCUT2D eigenvalue weighted by Gasteiger charge is 2.51. The second-order valence-electron chi connectivity index (χ2n) is 4.55. The molecule has 0 radical (unpaired) electrons. The topological polar surface area (TPSA) is 78.3 Å². The van der Waals surface area contributed by atoms with E-state index < -0.39 is 15.0 Å². The molecule has 1 aromatic heterocycles. The Morgan fingerprint density at radius 2 is 2.21 bits per heavy atom. The molecule has 2 aromatic rings. The number of fused-ring (bicyclic) bond motifs is 1. The maximum Gasteiger partial charge on any atom is 0.419 e. The Kier molecular flexibility index (Phi) is 2.62. The van der Waals surface area contributed by atoms with Crippen molar-refractivity contribution < 1.29 is 9.34 Å². The van der Waals surface area contributed by atoms with Crippen molar-refractivity contribution in [3.63, 3.8) is 0 Å². The zero-order valence-corrected chi connectivity index (χ0v) is 11.0. The highest BCUT2D eigenvalue weighted by atomic mass is 35.5. The zero-order valence-electron chi connectivity index (χ0n) is 9.51. The van der Waals surface area contributed by atoms with E-state index in [2.05, 4.69) is 0 Å². The molecule has 0 aliphatic heterocycles. The number of rotatable bonds is 3. The first-order chi connectivity index (χ1) is 8.88. The van der Waals surface area contributed by atoms with Crippen molar-refractivity contribution in [1.29, 1.82) is 0 Å². The number of hydrogen-bond acceptors (Lipinski definition) is 4. The molecule has 0 spiro atoms. The van der Waals surface area contributed by atoms with E-state index in [0.29, 0.717) is 24.1 Å². The molecule has 1 unspecified atom stereocenters. The Labute approximate surface area is 116 Å². The van der Waals surface area contributed by atoms with Crippen LogP contribution in [0.5, 0.6) is 0 Å². The average Bonchev–Trinajstić information content (AvgIpc) is 2.80. The number of nitrogens with zero attached hydrogens (tertiary/aromatic N) is 2. The van der Waals surface area contributed by atoms with Crippen LogP contribution in [0.1, 0.15) is 6.42 Å². The fraction of sp³-hybridized carbons (Fsp3) is 0.364. The Bertz CT molecular complexity index is 734. The molecule has 1 aliphatic rings. The molecule has 8 heteroatoms. The maximum absolute atomic E-state index is 11.7. The van der Waals surface area contributed by atoms with Crippen LogP contribution < -0.4 is 5.76 Å². The number of oxazole rings is 1. The molecule has 6 nitrogen and oxygen atoms in total. The molecule has 1 aromatic carbocycles. The summed E-state index contributed by atoms with van der Waals surface area (Å²) in [5, 5.41) is 10.7. The minimum absolute atomic E-state index is 0.0476. The fourth-order valence-electron chi connectivity index (χ4n) is 2.03. The average molecular weight is 303 g/mol. The summed E-state index contributed by atoms with van der Waals surface area (Å²) in [7, 11) is 0. The molecule has 0 N–H and O–H groups in total. The summed E-state index contributed by atoms with van der Waals surface area (Å²) in [6.07, 6.45) is 0.587. The third kappa shape index (κ3) is 2.11. The first-order valence-electron chi connectivity index (χ1n) is 5.54. The Morgan fingerprint density at radius 3 is 2.79 bits per heavy atom. The number of nitro benzene ring substituents is 1. The van der Waals surface area contributed by atoms with Crippen molar-refractivity contribution in [2.45, 2.75) is 17.3 Å². The van der Waals surface area contributed by atoms with E-state index in [4.69, 9.17) is 27.6 Å². The first-order valence-corrected chi connectivity index (χ1v) is 6.30. The third-order valence-corrected chi connectivity index (χ3v) is 4.15. The molecule has 1 atom stereocenters. The van der Waals surface area contributed by atoms with Crippen molar-refractivity contribution >= 4 is 40.0 Å². The van der Waals surface area contributed by atoms with Gasteiger partial charge >= 0.3 is 5.76 Å². The van der Waals surface area contributed by atoms with Gasteiger partial charge in [-0.3, -0.25) is 14.7 Å². The van der Waals surface area contributed by atoms with Gasteiger partial charge in [0.15, 0.2) is 5.58 Å². The van der Waals surface area contributed by atoms with Crippen molar-refractivity contribution in [3.8, 4) is 0 Å². The van der Waals surface area contributed by atoms with Crippen LogP contribution in [0.15, 0.2) is 27.4 Å². The molecule has 3 rings (SSSR count). The summed E-state index contributed by atoms with van der Waals surface area (Å²) in [6, 6.07) is 4.01. The van der Waals surface area contributed by atoms with Gasteiger partial charge in [0, 0.05) is 24.6 Å². The van der Waals surface area contributed by atoms with Crippen LogP contribution >= 0.6 is 23.2 Å². The SMILES string of the molecule is O=c1oc2ccc([N+](=O)[O-])cc2n1CC1CC1(Cl)Cl. The molecule has 1 saturated carbocycles. The minimum atomic E-state index is -0.816. The zero-order chi connectivity index (χ0) is 13.8. The molecule has 1 fully saturated rings. The minimum Gasteiger partial charge on any atom is -0.408 e. The van der Waals surface area contributed by atoms with E-state index in [0.717, 1.165) is 0 Å². The van der Waals surface area contributed by atoms with Gasteiger partial charge in [-0.1, -0.05) is 0 Å².